The molecule has 2 heterocycles. The van der Waals surface area contributed by atoms with Gasteiger partial charge in [0.25, 0.3) is 0 Å². The van der Waals surface area contributed by atoms with Crippen molar-refractivity contribution in [3.8, 4) is 0 Å². The number of benzene rings is 1. The predicted octanol–water partition coefficient (Wildman–Crippen LogP) is 1.23. The highest BCUT2D eigenvalue weighted by molar-refractivity contribution is 5.87. The molecule has 0 aliphatic carbocycles. The molecule has 2 aliphatic rings. The van der Waals surface area contributed by atoms with E-state index in [0.29, 0.717) is 13.1 Å². The van der Waals surface area contributed by atoms with Crippen LogP contribution in [0.4, 0.5) is 4.39 Å². The van der Waals surface area contributed by atoms with E-state index in [1.165, 1.54) is 12.1 Å². The van der Waals surface area contributed by atoms with Crippen LogP contribution in [0.5, 0.6) is 0 Å². The highest BCUT2D eigenvalue weighted by Gasteiger charge is 2.40. The molecule has 0 radical (unpaired) electrons. The van der Waals surface area contributed by atoms with Crippen LogP contribution >= 0.6 is 0 Å². The van der Waals surface area contributed by atoms with Crippen molar-refractivity contribution in [1.29, 1.82) is 0 Å². The number of carboxylic acids is 1. The smallest absolute Gasteiger partial charge is 0.338 e. The lowest BCUT2D eigenvalue weighted by Crippen LogP contribution is -2.44. The molecule has 21 heavy (non-hydrogen) atoms. The second-order valence-corrected chi connectivity index (χ2v) is 5.65. The van der Waals surface area contributed by atoms with Crippen LogP contribution in [-0.4, -0.2) is 41.0 Å². The molecule has 6 heteroatoms. The zero-order chi connectivity index (χ0) is 15.0. The Morgan fingerprint density at radius 3 is 3.00 bits per heavy atom. The van der Waals surface area contributed by atoms with Crippen LogP contribution in [0.2, 0.25) is 0 Å². The normalized spacial score (nSPS) is 25.5. The number of carbonyl (C=O) groups is 2. The largest absolute Gasteiger partial charge is 0.478 e. The minimum absolute atomic E-state index is 0.0295. The van der Waals surface area contributed by atoms with E-state index in [9.17, 15) is 14.0 Å². The third kappa shape index (κ3) is 2.63. The number of hydrogen-bond donors (Lipinski definition) is 2. The molecule has 5 nitrogen and oxygen atoms in total. The Kier molecular flexibility index (Phi) is 3.63. The summed E-state index contributed by atoms with van der Waals surface area (Å²) < 4.78 is 13.7. The summed E-state index contributed by atoms with van der Waals surface area (Å²) in [6, 6.07) is 4.37. The first kappa shape index (κ1) is 14.0. The van der Waals surface area contributed by atoms with E-state index >= 15 is 0 Å². The van der Waals surface area contributed by atoms with Gasteiger partial charge in [-0.25, -0.2) is 9.18 Å². The van der Waals surface area contributed by atoms with Crippen molar-refractivity contribution in [3.05, 3.63) is 35.1 Å². The van der Waals surface area contributed by atoms with Crippen LogP contribution in [0, 0.1) is 11.7 Å². The Bertz CT molecular complexity index is 590. The maximum Gasteiger partial charge on any atom is 0.338 e. The van der Waals surface area contributed by atoms with E-state index in [4.69, 9.17) is 5.11 Å². The van der Waals surface area contributed by atoms with Crippen LogP contribution in [0.3, 0.4) is 0 Å². The van der Waals surface area contributed by atoms with E-state index in [-0.39, 0.29) is 23.4 Å². The molecule has 1 amide bonds. The lowest BCUT2D eigenvalue weighted by molar-refractivity contribution is -0.124. The molecule has 0 saturated carbocycles. The van der Waals surface area contributed by atoms with Crippen molar-refractivity contribution in [2.75, 3.05) is 13.1 Å². The summed E-state index contributed by atoms with van der Waals surface area (Å²) >= 11 is 0. The average molecular weight is 292 g/mol. The molecule has 2 N–H and O–H groups in total. The standard InChI is InChI=1S/C15H17FN2O3/c16-12-6-9(3-4-10(12)15(20)21)8-18-5-1-2-11-13(18)7-17-14(11)19/h3-4,6,11,13H,1-2,5,7-8H2,(H,17,19)(H,20,21). The third-order valence-corrected chi connectivity index (χ3v) is 4.37. The number of likely N-dealkylation sites (tertiary alicyclic amines) is 1. The van der Waals surface area contributed by atoms with Crippen molar-refractivity contribution < 1.29 is 19.1 Å². The van der Waals surface area contributed by atoms with Crippen LogP contribution in [-0.2, 0) is 11.3 Å². The minimum atomic E-state index is -1.26. The van der Waals surface area contributed by atoms with Crippen LogP contribution < -0.4 is 5.32 Å². The van der Waals surface area contributed by atoms with Crippen molar-refractivity contribution >= 4 is 11.9 Å². The highest BCUT2D eigenvalue weighted by atomic mass is 19.1. The van der Waals surface area contributed by atoms with E-state index in [0.717, 1.165) is 24.9 Å². The lowest BCUT2D eigenvalue weighted by Gasteiger charge is -2.35. The molecule has 2 atom stereocenters. The molecule has 112 valence electrons. The molecular formula is C15H17FN2O3. The Balaban J connectivity index is 1.75. The fourth-order valence-electron chi connectivity index (χ4n) is 3.30. The minimum Gasteiger partial charge on any atom is -0.478 e. The summed E-state index contributed by atoms with van der Waals surface area (Å²) in [6.45, 7) is 2.05. The maximum atomic E-state index is 13.7. The van der Waals surface area contributed by atoms with Crippen molar-refractivity contribution in [2.45, 2.75) is 25.4 Å². The maximum absolute atomic E-state index is 13.7. The molecule has 2 unspecified atom stereocenters. The van der Waals surface area contributed by atoms with Crippen molar-refractivity contribution in [3.63, 3.8) is 0 Å². The molecule has 1 aromatic rings. The van der Waals surface area contributed by atoms with Crippen molar-refractivity contribution in [1.82, 2.24) is 10.2 Å². The number of halogens is 1. The van der Waals surface area contributed by atoms with E-state index in [1.54, 1.807) is 6.07 Å². The van der Waals surface area contributed by atoms with Gasteiger partial charge in [0, 0.05) is 19.1 Å². The van der Waals surface area contributed by atoms with E-state index in [2.05, 4.69) is 10.2 Å². The number of aromatic carboxylic acids is 1. The summed E-state index contributed by atoms with van der Waals surface area (Å²) in [4.78, 5) is 24.7. The Hall–Kier alpha value is -1.95. The van der Waals surface area contributed by atoms with Crippen molar-refractivity contribution in [2.24, 2.45) is 5.92 Å². The second-order valence-electron chi connectivity index (χ2n) is 5.65. The van der Waals surface area contributed by atoms with Crippen LogP contribution in [0.25, 0.3) is 0 Å². The number of fused-ring (bicyclic) bond motifs is 1. The summed E-state index contributed by atoms with van der Waals surface area (Å²) in [5, 5.41) is 11.7. The monoisotopic (exact) mass is 292 g/mol. The first-order valence-corrected chi connectivity index (χ1v) is 7.10. The molecule has 2 fully saturated rings. The van der Waals surface area contributed by atoms with Gasteiger partial charge in [-0.2, -0.15) is 0 Å². The first-order valence-electron chi connectivity index (χ1n) is 7.10. The molecule has 0 aromatic heterocycles. The number of nitrogens with one attached hydrogen (secondary N) is 1. The van der Waals surface area contributed by atoms with Gasteiger partial charge < -0.3 is 10.4 Å². The topological polar surface area (TPSA) is 69.6 Å². The van der Waals surface area contributed by atoms with Crippen LogP contribution in [0.1, 0.15) is 28.8 Å². The fraction of sp³-hybridized carbons (Fsp3) is 0.467. The first-order chi connectivity index (χ1) is 10.1. The number of hydrogen-bond acceptors (Lipinski definition) is 3. The Labute approximate surface area is 121 Å². The molecule has 0 bridgehead atoms. The number of rotatable bonds is 3. The van der Waals surface area contributed by atoms with Gasteiger partial charge in [-0.15, -0.1) is 0 Å². The summed E-state index contributed by atoms with van der Waals surface area (Å²) in [6.07, 6.45) is 1.85. The quantitative estimate of drug-likeness (QED) is 0.879. The van der Waals surface area contributed by atoms with Gasteiger partial charge in [-0.1, -0.05) is 6.07 Å². The highest BCUT2D eigenvalue weighted by Crippen LogP contribution is 2.28. The molecule has 0 spiro atoms. The molecule has 2 aliphatic heterocycles. The molecule has 2 saturated heterocycles. The summed E-state index contributed by atoms with van der Waals surface area (Å²) in [5.74, 6) is -1.84. The van der Waals surface area contributed by atoms with Gasteiger partial charge in [0.2, 0.25) is 5.91 Å². The van der Waals surface area contributed by atoms with E-state index < -0.39 is 11.8 Å². The second kappa shape index (κ2) is 5.44. The SMILES string of the molecule is O=C(O)c1ccc(CN2CCCC3C(=O)NCC32)cc1F. The number of piperidine rings is 1. The van der Waals surface area contributed by atoms with Gasteiger partial charge in [-0.3, -0.25) is 9.69 Å². The van der Waals surface area contributed by atoms with Gasteiger partial charge in [0.1, 0.15) is 5.82 Å². The summed E-state index contributed by atoms with van der Waals surface area (Å²) in [5.41, 5.74) is 0.422. The van der Waals surface area contributed by atoms with Gasteiger partial charge >= 0.3 is 5.97 Å². The number of nitrogens with zero attached hydrogens (tertiary/aromatic N) is 1. The zero-order valence-corrected chi connectivity index (χ0v) is 11.5. The van der Waals surface area contributed by atoms with Gasteiger partial charge in [0.15, 0.2) is 0 Å². The predicted molar refractivity (Wildman–Crippen MR) is 73.3 cm³/mol. The fourth-order valence-corrected chi connectivity index (χ4v) is 3.30. The van der Waals surface area contributed by atoms with Gasteiger partial charge in [-0.05, 0) is 37.1 Å². The lowest BCUT2D eigenvalue weighted by atomic mass is 9.91. The molecular weight excluding hydrogens is 275 g/mol. The third-order valence-electron chi connectivity index (χ3n) is 4.37. The average Bonchev–Trinajstić information content (AvgIpc) is 2.81. The zero-order valence-electron chi connectivity index (χ0n) is 11.5. The summed E-state index contributed by atoms with van der Waals surface area (Å²) in [7, 11) is 0. The Morgan fingerprint density at radius 2 is 2.29 bits per heavy atom. The number of carboxylic acid groups (broad SMARTS) is 1. The number of amides is 1. The molecule has 3 rings (SSSR count). The number of carbonyl (C=O) groups excluding carboxylic acids is 1. The van der Waals surface area contributed by atoms with Crippen LogP contribution in [0.15, 0.2) is 18.2 Å². The Morgan fingerprint density at radius 1 is 1.48 bits per heavy atom. The van der Waals surface area contributed by atoms with E-state index in [1.807, 2.05) is 0 Å². The van der Waals surface area contributed by atoms with Gasteiger partial charge in [0.05, 0.1) is 11.5 Å². The molecule has 1 aromatic carbocycles.